The normalized spacial score (nSPS) is 11.8. The zero-order valence-electron chi connectivity index (χ0n) is 16.0. The number of amides is 1. The first-order valence-corrected chi connectivity index (χ1v) is 9.20. The van der Waals surface area contributed by atoms with E-state index in [2.05, 4.69) is 5.32 Å². The summed E-state index contributed by atoms with van der Waals surface area (Å²) in [6.07, 6.45) is 1.48. The van der Waals surface area contributed by atoms with Crippen molar-refractivity contribution in [2.24, 2.45) is 5.73 Å². The smallest absolute Gasteiger partial charge is 0.251 e. The van der Waals surface area contributed by atoms with E-state index < -0.39 is 47.5 Å². The Kier molecular flexibility index (Phi) is 8.21. The molecule has 0 aromatic heterocycles. The molecule has 0 bridgehead atoms. The average Bonchev–Trinajstić information content (AvgIpc) is 2.70. The van der Waals surface area contributed by atoms with E-state index in [4.69, 9.17) is 10.5 Å². The summed E-state index contributed by atoms with van der Waals surface area (Å²) >= 11 is 0. The van der Waals surface area contributed by atoms with Gasteiger partial charge in [-0.15, -0.1) is 0 Å². The molecular formula is C21H23F3N2O3. The molecule has 0 heterocycles. The van der Waals surface area contributed by atoms with E-state index in [0.29, 0.717) is 19.4 Å². The van der Waals surface area contributed by atoms with Gasteiger partial charge < -0.3 is 15.8 Å². The van der Waals surface area contributed by atoms with Gasteiger partial charge in [0, 0.05) is 5.56 Å². The maximum atomic E-state index is 14.0. The van der Waals surface area contributed by atoms with Crippen LogP contribution in [0.5, 0.6) is 5.75 Å². The third kappa shape index (κ3) is 6.32. The zero-order valence-corrected chi connectivity index (χ0v) is 16.0. The van der Waals surface area contributed by atoms with Gasteiger partial charge >= 0.3 is 0 Å². The number of nitrogens with one attached hydrogen (secondary N) is 1. The quantitative estimate of drug-likeness (QED) is 0.591. The summed E-state index contributed by atoms with van der Waals surface area (Å²) in [5, 5.41) is 2.57. The molecule has 0 saturated heterocycles. The summed E-state index contributed by atoms with van der Waals surface area (Å²) in [7, 11) is 0. The maximum absolute atomic E-state index is 14.0. The van der Waals surface area contributed by atoms with Crippen molar-refractivity contribution >= 4 is 11.7 Å². The summed E-state index contributed by atoms with van der Waals surface area (Å²) in [5.41, 5.74) is 5.82. The van der Waals surface area contributed by atoms with Gasteiger partial charge in [-0.05, 0) is 68.6 Å². The molecule has 0 radical (unpaired) electrons. The first-order chi connectivity index (χ1) is 13.8. The van der Waals surface area contributed by atoms with Crippen LogP contribution in [0.3, 0.4) is 0 Å². The lowest BCUT2D eigenvalue weighted by atomic mass is 10.0. The second-order valence-corrected chi connectivity index (χ2v) is 6.58. The van der Waals surface area contributed by atoms with Crippen molar-refractivity contribution in [3.8, 4) is 5.75 Å². The highest BCUT2D eigenvalue weighted by Crippen LogP contribution is 2.24. The van der Waals surface area contributed by atoms with Crippen molar-refractivity contribution in [2.75, 3.05) is 13.2 Å². The fourth-order valence-corrected chi connectivity index (χ4v) is 2.66. The molecule has 0 aliphatic rings. The van der Waals surface area contributed by atoms with E-state index in [1.807, 2.05) is 0 Å². The van der Waals surface area contributed by atoms with Crippen molar-refractivity contribution in [3.05, 3.63) is 65.0 Å². The fourth-order valence-electron chi connectivity index (χ4n) is 2.66. The Morgan fingerprint density at radius 3 is 2.41 bits per heavy atom. The lowest BCUT2D eigenvalue weighted by molar-refractivity contribution is -0.123. The number of carbonyl (C=O) groups excluding carboxylic acids is 2. The van der Waals surface area contributed by atoms with Gasteiger partial charge in [-0.3, -0.25) is 9.59 Å². The van der Waals surface area contributed by atoms with Crippen molar-refractivity contribution in [2.45, 2.75) is 32.2 Å². The predicted molar refractivity (Wildman–Crippen MR) is 102 cm³/mol. The Labute approximate surface area is 167 Å². The molecular weight excluding hydrogens is 385 g/mol. The van der Waals surface area contributed by atoms with Crippen molar-refractivity contribution in [1.29, 1.82) is 0 Å². The highest BCUT2D eigenvalue weighted by atomic mass is 19.1. The lowest BCUT2D eigenvalue weighted by Gasteiger charge is -2.18. The van der Waals surface area contributed by atoms with Crippen molar-refractivity contribution < 1.29 is 27.5 Å². The van der Waals surface area contributed by atoms with Crippen LogP contribution < -0.4 is 15.8 Å². The van der Waals surface area contributed by atoms with Gasteiger partial charge in [0.15, 0.2) is 23.2 Å². The Morgan fingerprint density at radius 1 is 1.07 bits per heavy atom. The topological polar surface area (TPSA) is 81.4 Å². The van der Waals surface area contributed by atoms with Gasteiger partial charge in [0.25, 0.3) is 5.91 Å². The number of hydrogen-bond donors (Lipinski definition) is 2. The number of carbonyl (C=O) groups is 2. The number of halogens is 3. The number of ether oxygens (including phenoxy) is 1. The van der Waals surface area contributed by atoms with Crippen LogP contribution in [-0.2, 0) is 4.79 Å². The molecule has 2 rings (SSSR count). The zero-order chi connectivity index (χ0) is 21.4. The molecule has 0 spiro atoms. The standard InChI is InChI=1S/C21H23F3N2O3/c1-13-5-10-16(23)20(19(13)24)29-12-18(27)17(4-2-3-11-25)26-21(28)14-6-8-15(22)9-7-14/h5-10,17H,2-4,11-12,25H2,1H3,(H,26,28). The molecule has 5 nitrogen and oxygen atoms in total. The van der Waals surface area contributed by atoms with Crippen molar-refractivity contribution in [3.63, 3.8) is 0 Å². The van der Waals surface area contributed by atoms with Gasteiger partial charge in [-0.2, -0.15) is 0 Å². The first-order valence-electron chi connectivity index (χ1n) is 9.20. The van der Waals surface area contributed by atoms with E-state index in [-0.39, 0.29) is 17.5 Å². The van der Waals surface area contributed by atoms with E-state index in [1.165, 1.54) is 25.1 Å². The van der Waals surface area contributed by atoms with Crippen LogP contribution in [0.1, 0.15) is 35.2 Å². The van der Waals surface area contributed by atoms with Crippen LogP contribution in [0.2, 0.25) is 0 Å². The van der Waals surface area contributed by atoms with Crippen molar-refractivity contribution in [1.82, 2.24) is 5.32 Å². The molecule has 0 saturated carbocycles. The summed E-state index contributed by atoms with van der Waals surface area (Å²) in [6, 6.07) is 6.22. The van der Waals surface area contributed by atoms with Crippen LogP contribution in [0.25, 0.3) is 0 Å². The Bertz CT molecular complexity index is 857. The molecule has 8 heteroatoms. The molecule has 3 N–H and O–H groups in total. The minimum absolute atomic E-state index is 0.179. The number of aryl methyl sites for hydroxylation is 1. The van der Waals surface area contributed by atoms with Gasteiger partial charge in [0.1, 0.15) is 12.4 Å². The molecule has 0 fully saturated rings. The number of benzene rings is 2. The molecule has 0 aliphatic heterocycles. The maximum Gasteiger partial charge on any atom is 0.251 e. The Morgan fingerprint density at radius 2 is 1.76 bits per heavy atom. The highest BCUT2D eigenvalue weighted by Gasteiger charge is 2.23. The molecule has 2 aromatic carbocycles. The Balaban J connectivity index is 2.08. The molecule has 2 aromatic rings. The number of rotatable bonds is 10. The fraction of sp³-hybridized carbons (Fsp3) is 0.333. The van der Waals surface area contributed by atoms with Crippen LogP contribution in [-0.4, -0.2) is 30.9 Å². The Hall–Kier alpha value is -2.87. The number of unbranched alkanes of at least 4 members (excludes halogenated alkanes) is 1. The summed E-state index contributed by atoms with van der Waals surface area (Å²) in [6.45, 7) is 1.25. The van der Waals surface area contributed by atoms with Gasteiger partial charge in [0.2, 0.25) is 0 Å². The highest BCUT2D eigenvalue weighted by molar-refractivity contribution is 5.98. The van der Waals surface area contributed by atoms with Crippen LogP contribution in [0.15, 0.2) is 36.4 Å². The van der Waals surface area contributed by atoms with E-state index in [1.54, 1.807) is 0 Å². The summed E-state index contributed by atoms with van der Waals surface area (Å²) < 4.78 is 45.9. The van der Waals surface area contributed by atoms with E-state index >= 15 is 0 Å². The minimum atomic E-state index is -0.935. The lowest BCUT2D eigenvalue weighted by Crippen LogP contribution is -2.43. The van der Waals surface area contributed by atoms with Gasteiger partial charge in [-0.1, -0.05) is 6.07 Å². The molecule has 1 atom stereocenters. The van der Waals surface area contributed by atoms with Crippen LogP contribution >= 0.6 is 0 Å². The third-order valence-corrected chi connectivity index (χ3v) is 4.35. The monoisotopic (exact) mass is 408 g/mol. The number of ketones is 1. The average molecular weight is 408 g/mol. The number of nitrogens with two attached hydrogens (primary N) is 1. The molecule has 1 unspecified atom stereocenters. The molecule has 0 aliphatic carbocycles. The number of hydrogen-bond acceptors (Lipinski definition) is 4. The molecule has 29 heavy (non-hydrogen) atoms. The summed E-state index contributed by atoms with van der Waals surface area (Å²) in [4.78, 5) is 24.9. The second kappa shape index (κ2) is 10.6. The molecule has 1 amide bonds. The predicted octanol–water partition coefficient (Wildman–Crippen LogP) is 3.29. The van der Waals surface area contributed by atoms with Gasteiger partial charge in [0.05, 0.1) is 6.04 Å². The minimum Gasteiger partial charge on any atom is -0.480 e. The largest absolute Gasteiger partial charge is 0.480 e. The van der Waals surface area contributed by atoms with Gasteiger partial charge in [-0.25, -0.2) is 13.2 Å². The molecule has 156 valence electrons. The van der Waals surface area contributed by atoms with Crippen LogP contribution in [0, 0.1) is 24.4 Å². The third-order valence-electron chi connectivity index (χ3n) is 4.35. The second-order valence-electron chi connectivity index (χ2n) is 6.58. The first kappa shape index (κ1) is 22.4. The van der Waals surface area contributed by atoms with Crippen LogP contribution in [0.4, 0.5) is 13.2 Å². The van der Waals surface area contributed by atoms with E-state index in [0.717, 1.165) is 18.2 Å². The number of Topliss-reactive ketones (excluding diaryl/α,β-unsaturated/α-hetero) is 1. The van der Waals surface area contributed by atoms with E-state index in [9.17, 15) is 22.8 Å². The SMILES string of the molecule is Cc1ccc(F)c(OCC(=O)C(CCCCN)NC(=O)c2ccc(F)cc2)c1F. The summed E-state index contributed by atoms with van der Waals surface area (Å²) in [5.74, 6) is -4.04.